The van der Waals surface area contributed by atoms with Crippen LogP contribution in [-0.2, 0) is 4.79 Å². The number of carbonyl (C=O) groups is 1. The summed E-state index contributed by atoms with van der Waals surface area (Å²) >= 11 is 1.41. The van der Waals surface area contributed by atoms with Gasteiger partial charge in [-0.15, -0.1) is 11.3 Å². The highest BCUT2D eigenvalue weighted by Crippen LogP contribution is 2.24. The van der Waals surface area contributed by atoms with Crippen LogP contribution in [0.1, 0.15) is 24.3 Å². The molecule has 4 heteroatoms. The van der Waals surface area contributed by atoms with E-state index in [1.54, 1.807) is 12.1 Å². The van der Waals surface area contributed by atoms with Crippen LogP contribution >= 0.6 is 11.3 Å². The highest BCUT2D eigenvalue weighted by molar-refractivity contribution is 7.11. The van der Waals surface area contributed by atoms with Gasteiger partial charge < -0.3 is 9.84 Å². The molecule has 20 heavy (non-hydrogen) atoms. The van der Waals surface area contributed by atoms with Gasteiger partial charge in [-0.2, -0.15) is 0 Å². The summed E-state index contributed by atoms with van der Waals surface area (Å²) in [5, 5.41) is 11.2. The van der Waals surface area contributed by atoms with Crippen molar-refractivity contribution in [2.45, 2.75) is 20.0 Å². The predicted octanol–water partition coefficient (Wildman–Crippen LogP) is 4.16. The molecule has 104 valence electrons. The minimum absolute atomic E-state index is 0.0884. The van der Waals surface area contributed by atoms with Crippen molar-refractivity contribution in [1.29, 1.82) is 0 Å². The molecule has 2 aromatic rings. The fraction of sp³-hybridized carbons (Fsp3) is 0.188. The SMILES string of the molecule is CC(C)Oc1cccc(/C=C(/C(=O)O)c2cccs2)c1. The molecule has 0 radical (unpaired) electrons. The summed E-state index contributed by atoms with van der Waals surface area (Å²) in [6, 6.07) is 11.1. The zero-order chi connectivity index (χ0) is 14.5. The third-order valence-electron chi connectivity index (χ3n) is 2.56. The normalized spacial score (nSPS) is 11.7. The summed E-state index contributed by atoms with van der Waals surface area (Å²) in [6.07, 6.45) is 1.76. The summed E-state index contributed by atoms with van der Waals surface area (Å²) in [4.78, 5) is 12.1. The molecule has 0 spiro atoms. The van der Waals surface area contributed by atoms with Gasteiger partial charge in [-0.25, -0.2) is 4.79 Å². The number of carboxylic acids is 1. The zero-order valence-electron chi connectivity index (χ0n) is 11.4. The molecule has 0 unspecified atom stereocenters. The lowest BCUT2D eigenvalue weighted by molar-refractivity contribution is -0.130. The van der Waals surface area contributed by atoms with Crippen molar-refractivity contribution in [3.63, 3.8) is 0 Å². The third kappa shape index (κ3) is 3.71. The van der Waals surface area contributed by atoms with Crippen molar-refractivity contribution in [1.82, 2.24) is 0 Å². The van der Waals surface area contributed by atoms with Crippen LogP contribution in [0.4, 0.5) is 0 Å². The number of hydrogen-bond donors (Lipinski definition) is 1. The topological polar surface area (TPSA) is 46.5 Å². The summed E-state index contributed by atoms with van der Waals surface area (Å²) < 4.78 is 5.61. The molecular weight excluding hydrogens is 272 g/mol. The first-order valence-corrected chi connectivity index (χ1v) is 7.20. The first kappa shape index (κ1) is 14.3. The number of benzene rings is 1. The summed E-state index contributed by atoms with van der Waals surface area (Å²) in [5.41, 5.74) is 1.11. The summed E-state index contributed by atoms with van der Waals surface area (Å²) in [7, 11) is 0. The van der Waals surface area contributed by atoms with E-state index in [-0.39, 0.29) is 6.10 Å². The van der Waals surface area contributed by atoms with E-state index in [2.05, 4.69) is 0 Å². The van der Waals surface area contributed by atoms with Crippen molar-refractivity contribution in [3.05, 3.63) is 52.2 Å². The third-order valence-corrected chi connectivity index (χ3v) is 3.46. The number of carboxylic acid groups (broad SMARTS) is 1. The van der Waals surface area contributed by atoms with E-state index < -0.39 is 5.97 Å². The maximum Gasteiger partial charge on any atom is 0.337 e. The largest absolute Gasteiger partial charge is 0.491 e. The number of thiophene rings is 1. The van der Waals surface area contributed by atoms with Gasteiger partial charge in [0.1, 0.15) is 5.75 Å². The van der Waals surface area contributed by atoms with E-state index >= 15 is 0 Å². The molecule has 0 aliphatic rings. The Hall–Kier alpha value is -2.07. The average molecular weight is 288 g/mol. The second-order valence-electron chi connectivity index (χ2n) is 4.58. The molecule has 0 amide bonds. The van der Waals surface area contributed by atoms with Gasteiger partial charge in [0.25, 0.3) is 0 Å². The van der Waals surface area contributed by atoms with Crippen LogP contribution in [0.3, 0.4) is 0 Å². The van der Waals surface area contributed by atoms with Gasteiger partial charge >= 0.3 is 5.97 Å². The Morgan fingerprint density at radius 2 is 2.10 bits per heavy atom. The van der Waals surface area contributed by atoms with Crippen molar-refractivity contribution in [2.75, 3.05) is 0 Å². The molecule has 0 aliphatic heterocycles. The van der Waals surface area contributed by atoms with Gasteiger partial charge in [-0.1, -0.05) is 18.2 Å². The molecule has 1 aromatic carbocycles. The van der Waals surface area contributed by atoms with Gasteiger partial charge in [0, 0.05) is 4.88 Å². The Morgan fingerprint density at radius 1 is 1.30 bits per heavy atom. The minimum Gasteiger partial charge on any atom is -0.491 e. The van der Waals surface area contributed by atoms with Crippen LogP contribution in [0, 0.1) is 0 Å². The molecule has 0 atom stereocenters. The Morgan fingerprint density at radius 3 is 2.70 bits per heavy atom. The molecule has 0 saturated carbocycles. The molecule has 1 N–H and O–H groups in total. The highest BCUT2D eigenvalue weighted by Gasteiger charge is 2.11. The first-order chi connectivity index (χ1) is 9.56. The van der Waals surface area contributed by atoms with Crippen LogP contribution in [0.25, 0.3) is 11.6 Å². The quantitative estimate of drug-likeness (QED) is 0.840. The standard InChI is InChI=1S/C16H16O3S/c1-11(2)19-13-6-3-5-12(9-13)10-14(16(17)18)15-7-4-8-20-15/h3-11H,1-2H3,(H,17,18)/b14-10+. The number of hydrogen-bond acceptors (Lipinski definition) is 3. The molecular formula is C16H16O3S. The fourth-order valence-corrected chi connectivity index (χ4v) is 2.52. The monoisotopic (exact) mass is 288 g/mol. The fourth-order valence-electron chi connectivity index (χ4n) is 1.79. The molecule has 0 saturated heterocycles. The second-order valence-corrected chi connectivity index (χ2v) is 5.53. The van der Waals surface area contributed by atoms with E-state index in [9.17, 15) is 9.90 Å². The van der Waals surface area contributed by atoms with Gasteiger partial charge in [-0.05, 0) is 49.1 Å². The van der Waals surface area contributed by atoms with Crippen molar-refractivity contribution in [3.8, 4) is 5.75 Å². The predicted molar refractivity (Wildman–Crippen MR) is 82.0 cm³/mol. The molecule has 1 heterocycles. The molecule has 1 aromatic heterocycles. The highest BCUT2D eigenvalue weighted by atomic mass is 32.1. The Bertz CT molecular complexity index is 612. The van der Waals surface area contributed by atoms with Crippen LogP contribution < -0.4 is 4.74 Å². The van der Waals surface area contributed by atoms with Crippen LogP contribution in [0.15, 0.2) is 41.8 Å². The molecule has 0 aliphatic carbocycles. The van der Waals surface area contributed by atoms with E-state index in [1.165, 1.54) is 11.3 Å². The van der Waals surface area contributed by atoms with Crippen LogP contribution in [-0.4, -0.2) is 17.2 Å². The Labute approximate surface area is 122 Å². The molecule has 0 fully saturated rings. The molecule has 2 rings (SSSR count). The van der Waals surface area contributed by atoms with E-state index in [1.807, 2.05) is 49.6 Å². The Kier molecular flexibility index (Phi) is 4.58. The number of rotatable bonds is 5. The van der Waals surface area contributed by atoms with Crippen molar-refractivity contribution < 1.29 is 14.6 Å². The van der Waals surface area contributed by atoms with E-state index in [0.717, 1.165) is 16.2 Å². The summed E-state index contributed by atoms with van der Waals surface area (Å²) in [6.45, 7) is 3.91. The number of aliphatic carboxylic acids is 1. The number of ether oxygens (including phenoxy) is 1. The molecule has 0 bridgehead atoms. The van der Waals surface area contributed by atoms with E-state index in [0.29, 0.717) is 5.57 Å². The zero-order valence-corrected chi connectivity index (χ0v) is 12.2. The van der Waals surface area contributed by atoms with Gasteiger partial charge in [0.05, 0.1) is 11.7 Å². The Balaban J connectivity index is 2.34. The van der Waals surface area contributed by atoms with Crippen LogP contribution in [0.5, 0.6) is 5.75 Å². The lowest BCUT2D eigenvalue weighted by Gasteiger charge is -2.10. The van der Waals surface area contributed by atoms with Crippen molar-refractivity contribution in [2.24, 2.45) is 0 Å². The molecule has 3 nitrogen and oxygen atoms in total. The lowest BCUT2D eigenvalue weighted by Crippen LogP contribution is -2.05. The van der Waals surface area contributed by atoms with Crippen molar-refractivity contribution >= 4 is 29.0 Å². The minimum atomic E-state index is -0.928. The average Bonchev–Trinajstić information content (AvgIpc) is 2.88. The van der Waals surface area contributed by atoms with Gasteiger partial charge in [0.2, 0.25) is 0 Å². The smallest absolute Gasteiger partial charge is 0.337 e. The maximum atomic E-state index is 11.4. The second kappa shape index (κ2) is 6.39. The van der Waals surface area contributed by atoms with Crippen LogP contribution in [0.2, 0.25) is 0 Å². The maximum absolute atomic E-state index is 11.4. The summed E-state index contributed by atoms with van der Waals surface area (Å²) in [5.74, 6) is -0.188. The lowest BCUT2D eigenvalue weighted by atomic mass is 10.1. The first-order valence-electron chi connectivity index (χ1n) is 6.32. The van der Waals surface area contributed by atoms with Gasteiger partial charge in [0.15, 0.2) is 0 Å². The van der Waals surface area contributed by atoms with Gasteiger partial charge in [-0.3, -0.25) is 0 Å². The van der Waals surface area contributed by atoms with E-state index in [4.69, 9.17) is 4.74 Å².